The molecule has 3 rings (SSSR count). The largest absolute Gasteiger partial charge is 0.339 e. The molecular weight excluding hydrogens is 262 g/mol. The summed E-state index contributed by atoms with van der Waals surface area (Å²) >= 11 is 0. The highest BCUT2D eigenvalue weighted by Gasteiger charge is 2.28. The van der Waals surface area contributed by atoms with E-state index in [0.29, 0.717) is 18.2 Å². The fourth-order valence-corrected chi connectivity index (χ4v) is 2.75. The van der Waals surface area contributed by atoms with E-state index in [1.165, 1.54) is 11.1 Å². The zero-order valence-corrected chi connectivity index (χ0v) is 13.0. The van der Waals surface area contributed by atoms with Crippen LogP contribution in [0.15, 0.2) is 28.8 Å². The van der Waals surface area contributed by atoms with Crippen LogP contribution in [0, 0.1) is 5.41 Å². The molecule has 0 saturated carbocycles. The minimum Gasteiger partial charge on any atom is -0.339 e. The first-order chi connectivity index (χ1) is 9.93. The van der Waals surface area contributed by atoms with E-state index >= 15 is 0 Å². The Kier molecular flexibility index (Phi) is 3.57. The fourth-order valence-electron chi connectivity index (χ4n) is 2.75. The number of nitrogens with two attached hydrogens (primary N) is 1. The molecule has 1 aliphatic carbocycles. The molecule has 1 aromatic heterocycles. The zero-order chi connectivity index (χ0) is 15.0. The Morgan fingerprint density at radius 3 is 2.43 bits per heavy atom. The third kappa shape index (κ3) is 3.00. The molecule has 1 heterocycles. The van der Waals surface area contributed by atoms with Crippen LogP contribution in [0.5, 0.6) is 0 Å². The average molecular weight is 285 g/mol. The standard InChI is InChI=1S/C17H23N3O/c1-17(2,3)14(18)10-15-19-16(20-21-15)13-8-11-6-4-5-7-12(11)9-13/h4-7,13-14H,8-10,18H2,1-3H3. The van der Waals surface area contributed by atoms with Gasteiger partial charge in [0.1, 0.15) is 0 Å². The second-order valence-corrected chi connectivity index (χ2v) is 7.10. The Morgan fingerprint density at radius 1 is 1.24 bits per heavy atom. The van der Waals surface area contributed by atoms with Crippen LogP contribution in [-0.2, 0) is 19.3 Å². The van der Waals surface area contributed by atoms with Crippen LogP contribution < -0.4 is 5.73 Å². The lowest BCUT2D eigenvalue weighted by Crippen LogP contribution is -2.37. The number of rotatable bonds is 3. The summed E-state index contributed by atoms with van der Waals surface area (Å²) in [4.78, 5) is 4.57. The van der Waals surface area contributed by atoms with Gasteiger partial charge < -0.3 is 10.3 Å². The molecule has 4 nitrogen and oxygen atoms in total. The van der Waals surface area contributed by atoms with E-state index in [-0.39, 0.29) is 11.5 Å². The van der Waals surface area contributed by atoms with Crippen molar-refractivity contribution in [1.82, 2.24) is 10.1 Å². The molecule has 112 valence electrons. The Hall–Kier alpha value is -1.68. The summed E-state index contributed by atoms with van der Waals surface area (Å²) in [6.07, 6.45) is 2.64. The molecule has 1 aliphatic rings. The van der Waals surface area contributed by atoms with Gasteiger partial charge in [-0.2, -0.15) is 4.98 Å². The molecule has 1 atom stereocenters. The van der Waals surface area contributed by atoms with Crippen LogP contribution in [-0.4, -0.2) is 16.2 Å². The average Bonchev–Trinajstić information content (AvgIpc) is 3.02. The van der Waals surface area contributed by atoms with Crippen LogP contribution in [0.4, 0.5) is 0 Å². The molecule has 0 aliphatic heterocycles. The lowest BCUT2D eigenvalue weighted by Gasteiger charge is -2.25. The van der Waals surface area contributed by atoms with Gasteiger partial charge in [-0.25, -0.2) is 0 Å². The maximum atomic E-state index is 6.19. The SMILES string of the molecule is CC(C)(C)C(N)Cc1nc(C2Cc3ccccc3C2)no1. The summed E-state index contributed by atoms with van der Waals surface area (Å²) in [5, 5.41) is 4.17. The smallest absolute Gasteiger partial charge is 0.228 e. The minimum atomic E-state index is 0.0200. The van der Waals surface area contributed by atoms with Gasteiger partial charge in [-0.15, -0.1) is 0 Å². The van der Waals surface area contributed by atoms with Crippen LogP contribution in [0.25, 0.3) is 0 Å². The molecule has 0 saturated heterocycles. The summed E-state index contributed by atoms with van der Waals surface area (Å²) in [5.74, 6) is 1.82. The molecule has 0 fully saturated rings. The van der Waals surface area contributed by atoms with Crippen molar-refractivity contribution in [2.45, 2.75) is 52.0 Å². The van der Waals surface area contributed by atoms with Gasteiger partial charge in [0.05, 0.1) is 0 Å². The summed E-state index contributed by atoms with van der Waals surface area (Å²) in [5.41, 5.74) is 9.03. The van der Waals surface area contributed by atoms with Crippen molar-refractivity contribution >= 4 is 0 Å². The summed E-state index contributed by atoms with van der Waals surface area (Å²) in [7, 11) is 0. The monoisotopic (exact) mass is 285 g/mol. The highest BCUT2D eigenvalue weighted by Crippen LogP contribution is 2.32. The zero-order valence-electron chi connectivity index (χ0n) is 13.0. The van der Waals surface area contributed by atoms with E-state index in [9.17, 15) is 0 Å². The minimum absolute atomic E-state index is 0.0200. The number of fused-ring (bicyclic) bond motifs is 1. The van der Waals surface area contributed by atoms with E-state index in [4.69, 9.17) is 10.3 Å². The van der Waals surface area contributed by atoms with Gasteiger partial charge in [-0.1, -0.05) is 50.2 Å². The molecule has 4 heteroatoms. The fraction of sp³-hybridized carbons (Fsp3) is 0.529. The Bertz CT molecular complexity index is 602. The topological polar surface area (TPSA) is 64.9 Å². The van der Waals surface area contributed by atoms with E-state index in [0.717, 1.165) is 18.7 Å². The molecule has 0 radical (unpaired) electrons. The lowest BCUT2D eigenvalue weighted by atomic mass is 9.85. The van der Waals surface area contributed by atoms with Gasteiger partial charge in [0.2, 0.25) is 5.89 Å². The van der Waals surface area contributed by atoms with Crippen molar-refractivity contribution in [2.75, 3.05) is 0 Å². The van der Waals surface area contributed by atoms with Crippen molar-refractivity contribution in [3.63, 3.8) is 0 Å². The van der Waals surface area contributed by atoms with E-state index in [1.807, 2.05) is 0 Å². The van der Waals surface area contributed by atoms with E-state index in [1.54, 1.807) is 0 Å². The maximum Gasteiger partial charge on any atom is 0.228 e. The molecule has 1 aromatic carbocycles. The van der Waals surface area contributed by atoms with Gasteiger partial charge in [0.25, 0.3) is 0 Å². The predicted octanol–water partition coefficient (Wildman–Crippen LogP) is 2.87. The number of benzene rings is 1. The molecule has 0 amide bonds. The molecule has 2 N–H and O–H groups in total. The van der Waals surface area contributed by atoms with Crippen LogP contribution >= 0.6 is 0 Å². The van der Waals surface area contributed by atoms with Crippen molar-refractivity contribution in [2.24, 2.45) is 11.1 Å². The molecular formula is C17H23N3O. The Balaban J connectivity index is 1.70. The Morgan fingerprint density at radius 2 is 1.86 bits per heavy atom. The van der Waals surface area contributed by atoms with E-state index in [2.05, 4.69) is 55.2 Å². The van der Waals surface area contributed by atoms with Crippen molar-refractivity contribution in [3.8, 4) is 0 Å². The predicted molar refractivity (Wildman–Crippen MR) is 82.0 cm³/mol. The van der Waals surface area contributed by atoms with Crippen LogP contribution in [0.2, 0.25) is 0 Å². The molecule has 0 bridgehead atoms. The van der Waals surface area contributed by atoms with E-state index < -0.39 is 0 Å². The van der Waals surface area contributed by atoms with Gasteiger partial charge in [-0.3, -0.25) is 0 Å². The first kappa shape index (κ1) is 14.3. The molecule has 1 unspecified atom stereocenters. The van der Waals surface area contributed by atoms with Gasteiger partial charge >= 0.3 is 0 Å². The number of hydrogen-bond donors (Lipinski definition) is 1. The second kappa shape index (κ2) is 5.26. The molecule has 21 heavy (non-hydrogen) atoms. The van der Waals surface area contributed by atoms with Gasteiger partial charge in [0, 0.05) is 18.4 Å². The molecule has 2 aromatic rings. The highest BCUT2D eigenvalue weighted by molar-refractivity contribution is 5.34. The number of nitrogens with zero attached hydrogens (tertiary/aromatic N) is 2. The van der Waals surface area contributed by atoms with Crippen molar-refractivity contribution in [1.29, 1.82) is 0 Å². The normalized spacial score (nSPS) is 17.0. The third-order valence-corrected chi connectivity index (χ3v) is 4.41. The van der Waals surface area contributed by atoms with Crippen LogP contribution in [0.3, 0.4) is 0 Å². The first-order valence-corrected chi connectivity index (χ1v) is 7.58. The summed E-state index contributed by atoms with van der Waals surface area (Å²) in [6.45, 7) is 6.38. The quantitative estimate of drug-likeness (QED) is 0.941. The van der Waals surface area contributed by atoms with Crippen LogP contribution in [0.1, 0.15) is 49.5 Å². The molecule has 0 spiro atoms. The lowest BCUT2D eigenvalue weighted by molar-refractivity contribution is 0.285. The third-order valence-electron chi connectivity index (χ3n) is 4.41. The second-order valence-electron chi connectivity index (χ2n) is 7.10. The summed E-state index contributed by atoms with van der Waals surface area (Å²) in [6, 6.07) is 8.57. The maximum absolute atomic E-state index is 6.19. The number of aromatic nitrogens is 2. The first-order valence-electron chi connectivity index (χ1n) is 7.58. The van der Waals surface area contributed by atoms with Crippen molar-refractivity contribution in [3.05, 3.63) is 47.1 Å². The van der Waals surface area contributed by atoms with Crippen molar-refractivity contribution < 1.29 is 4.52 Å². The summed E-state index contributed by atoms with van der Waals surface area (Å²) < 4.78 is 5.40. The highest BCUT2D eigenvalue weighted by atomic mass is 16.5. The van der Waals surface area contributed by atoms with Gasteiger partial charge in [0.15, 0.2) is 5.82 Å². The Labute approximate surface area is 125 Å². The van der Waals surface area contributed by atoms with Gasteiger partial charge in [-0.05, 0) is 29.4 Å². The number of hydrogen-bond acceptors (Lipinski definition) is 4.